The van der Waals surface area contributed by atoms with Crippen molar-refractivity contribution in [2.75, 3.05) is 5.32 Å². The molecule has 0 bridgehead atoms. The average Bonchev–Trinajstić information content (AvgIpc) is 2.34. The maximum atomic E-state index is 11.9. The lowest BCUT2D eigenvalue weighted by atomic mass is 10.3. The minimum atomic E-state index is -0.283. The lowest BCUT2D eigenvalue weighted by Gasteiger charge is -2.05. The van der Waals surface area contributed by atoms with E-state index in [1.165, 1.54) is 6.20 Å². The van der Waals surface area contributed by atoms with E-state index < -0.39 is 0 Å². The minimum Gasteiger partial charge on any atom is -0.319 e. The molecule has 2 rings (SSSR count). The molecule has 0 aliphatic rings. The quantitative estimate of drug-likeness (QED) is 0.860. The molecule has 0 saturated carbocycles. The van der Waals surface area contributed by atoms with Gasteiger partial charge in [-0.15, -0.1) is 0 Å². The fourth-order valence-electron chi connectivity index (χ4n) is 1.35. The van der Waals surface area contributed by atoms with Crippen molar-refractivity contribution in [2.24, 2.45) is 0 Å². The van der Waals surface area contributed by atoms with Crippen LogP contribution in [0.1, 0.15) is 16.2 Å². The summed E-state index contributed by atoms with van der Waals surface area (Å²) in [5, 5.41) is 3.05. The molecule has 0 aliphatic carbocycles. The summed E-state index contributed by atoms with van der Waals surface area (Å²) in [6.45, 7) is 1.83. The van der Waals surface area contributed by atoms with Crippen molar-refractivity contribution in [2.45, 2.75) is 6.92 Å². The smallest absolute Gasteiger partial charge is 0.274 e. The Morgan fingerprint density at radius 1 is 1.44 bits per heavy atom. The maximum Gasteiger partial charge on any atom is 0.274 e. The van der Waals surface area contributed by atoms with Crippen LogP contribution in [-0.4, -0.2) is 15.9 Å². The number of hydrogen-bond acceptors (Lipinski definition) is 3. The number of pyridine rings is 2. The first kappa shape index (κ1) is 13.0. The fourth-order valence-corrected chi connectivity index (χ4v) is 1.81. The van der Waals surface area contributed by atoms with Gasteiger partial charge in [0.15, 0.2) is 0 Å². The van der Waals surface area contributed by atoms with E-state index in [-0.39, 0.29) is 5.91 Å². The molecule has 2 aromatic heterocycles. The lowest BCUT2D eigenvalue weighted by Crippen LogP contribution is -2.14. The lowest BCUT2D eigenvalue weighted by molar-refractivity contribution is 0.102. The van der Waals surface area contributed by atoms with Crippen LogP contribution in [0, 0.1) is 6.92 Å². The Labute approximate surface area is 118 Å². The van der Waals surface area contributed by atoms with Crippen molar-refractivity contribution in [1.29, 1.82) is 0 Å². The SMILES string of the molecule is Cc1cccc(C(=O)Nc2cnc(Cl)c(Br)c2)n1. The summed E-state index contributed by atoms with van der Waals surface area (Å²) in [6, 6.07) is 6.95. The molecule has 2 heterocycles. The van der Waals surface area contributed by atoms with Crippen LogP contribution in [0.25, 0.3) is 0 Å². The number of carbonyl (C=O) groups excluding carboxylic acids is 1. The zero-order chi connectivity index (χ0) is 13.1. The normalized spacial score (nSPS) is 10.2. The number of carbonyl (C=O) groups is 1. The molecule has 0 aromatic carbocycles. The van der Waals surface area contributed by atoms with E-state index in [1.54, 1.807) is 18.2 Å². The van der Waals surface area contributed by atoms with E-state index in [2.05, 4.69) is 31.2 Å². The molecule has 2 aromatic rings. The summed E-state index contributed by atoms with van der Waals surface area (Å²) in [5.41, 5.74) is 1.71. The van der Waals surface area contributed by atoms with Crippen molar-refractivity contribution in [3.05, 3.63) is 51.5 Å². The van der Waals surface area contributed by atoms with Crippen LogP contribution >= 0.6 is 27.5 Å². The van der Waals surface area contributed by atoms with Crippen molar-refractivity contribution in [3.63, 3.8) is 0 Å². The van der Waals surface area contributed by atoms with Gasteiger partial charge in [0.1, 0.15) is 10.8 Å². The highest BCUT2D eigenvalue weighted by atomic mass is 79.9. The Kier molecular flexibility index (Phi) is 3.93. The van der Waals surface area contributed by atoms with E-state index in [0.717, 1.165) is 5.69 Å². The summed E-state index contributed by atoms with van der Waals surface area (Å²) in [7, 11) is 0. The van der Waals surface area contributed by atoms with Gasteiger partial charge >= 0.3 is 0 Å². The van der Waals surface area contributed by atoms with Gasteiger partial charge in [0, 0.05) is 5.69 Å². The van der Waals surface area contributed by atoms with Crippen molar-refractivity contribution >= 4 is 39.1 Å². The number of amides is 1. The van der Waals surface area contributed by atoms with Crippen LogP contribution in [-0.2, 0) is 0 Å². The molecule has 0 saturated heterocycles. The Morgan fingerprint density at radius 2 is 2.22 bits per heavy atom. The molecule has 92 valence electrons. The molecule has 4 nitrogen and oxygen atoms in total. The van der Waals surface area contributed by atoms with E-state index >= 15 is 0 Å². The molecule has 18 heavy (non-hydrogen) atoms. The summed E-state index contributed by atoms with van der Waals surface area (Å²) in [6.07, 6.45) is 1.49. The molecule has 0 atom stereocenters. The van der Waals surface area contributed by atoms with Gasteiger partial charge in [-0.1, -0.05) is 17.7 Å². The number of rotatable bonds is 2. The first-order chi connectivity index (χ1) is 8.56. The Balaban J connectivity index is 2.18. The number of anilines is 1. The topological polar surface area (TPSA) is 54.9 Å². The van der Waals surface area contributed by atoms with Crippen LogP contribution in [0.4, 0.5) is 5.69 Å². The van der Waals surface area contributed by atoms with Gasteiger partial charge in [-0.05, 0) is 41.1 Å². The van der Waals surface area contributed by atoms with Gasteiger partial charge in [-0.25, -0.2) is 9.97 Å². The van der Waals surface area contributed by atoms with Gasteiger partial charge in [0.25, 0.3) is 5.91 Å². The number of nitrogens with one attached hydrogen (secondary N) is 1. The van der Waals surface area contributed by atoms with Crippen molar-refractivity contribution in [3.8, 4) is 0 Å². The molecule has 0 radical (unpaired) electrons. The monoisotopic (exact) mass is 325 g/mol. The van der Waals surface area contributed by atoms with Crippen LogP contribution in [0.2, 0.25) is 5.15 Å². The van der Waals surface area contributed by atoms with Crippen molar-refractivity contribution < 1.29 is 4.79 Å². The van der Waals surface area contributed by atoms with Crippen LogP contribution < -0.4 is 5.32 Å². The molecule has 0 spiro atoms. The second-order valence-electron chi connectivity index (χ2n) is 3.61. The zero-order valence-electron chi connectivity index (χ0n) is 9.45. The van der Waals surface area contributed by atoms with Gasteiger partial charge < -0.3 is 5.32 Å². The molecule has 0 aliphatic heterocycles. The molecule has 0 unspecified atom stereocenters. The van der Waals surface area contributed by atoms with Crippen molar-refractivity contribution in [1.82, 2.24) is 9.97 Å². The second kappa shape index (κ2) is 5.46. The Bertz CT molecular complexity index is 604. The molecule has 1 N–H and O–H groups in total. The third-order valence-electron chi connectivity index (χ3n) is 2.18. The predicted molar refractivity (Wildman–Crippen MR) is 73.9 cm³/mol. The summed E-state index contributed by atoms with van der Waals surface area (Å²) >= 11 is 9.01. The van der Waals surface area contributed by atoms with Gasteiger partial charge in [-0.2, -0.15) is 0 Å². The highest BCUT2D eigenvalue weighted by Gasteiger charge is 2.09. The second-order valence-corrected chi connectivity index (χ2v) is 4.83. The first-order valence-electron chi connectivity index (χ1n) is 5.12. The highest BCUT2D eigenvalue weighted by molar-refractivity contribution is 9.10. The van der Waals surface area contributed by atoms with E-state index in [0.29, 0.717) is 21.0 Å². The van der Waals surface area contributed by atoms with E-state index in [1.807, 2.05) is 13.0 Å². The van der Waals surface area contributed by atoms with Gasteiger partial charge in [0.2, 0.25) is 0 Å². The summed E-state index contributed by atoms with van der Waals surface area (Å²) in [4.78, 5) is 20.0. The van der Waals surface area contributed by atoms with E-state index in [9.17, 15) is 4.79 Å². The maximum absolute atomic E-state index is 11.9. The molecule has 0 fully saturated rings. The minimum absolute atomic E-state index is 0.283. The number of halogens is 2. The molecule has 1 amide bonds. The highest BCUT2D eigenvalue weighted by Crippen LogP contribution is 2.23. The molecular weight excluding hydrogens is 318 g/mol. The summed E-state index contributed by atoms with van der Waals surface area (Å²) < 4.78 is 0.624. The van der Waals surface area contributed by atoms with E-state index in [4.69, 9.17) is 11.6 Å². The zero-order valence-corrected chi connectivity index (χ0v) is 11.8. The van der Waals surface area contributed by atoms with Gasteiger partial charge in [-0.3, -0.25) is 4.79 Å². The van der Waals surface area contributed by atoms with Gasteiger partial charge in [0.05, 0.1) is 16.4 Å². The fraction of sp³-hybridized carbons (Fsp3) is 0.0833. The Morgan fingerprint density at radius 3 is 2.89 bits per heavy atom. The summed E-state index contributed by atoms with van der Waals surface area (Å²) in [5.74, 6) is -0.283. The average molecular weight is 327 g/mol. The number of aryl methyl sites for hydroxylation is 1. The number of hydrogen-bond donors (Lipinski definition) is 1. The number of nitrogens with zero attached hydrogens (tertiary/aromatic N) is 2. The molecule has 6 heteroatoms. The third kappa shape index (κ3) is 3.05. The Hall–Kier alpha value is -1.46. The predicted octanol–water partition coefficient (Wildman–Crippen LogP) is 3.45. The van der Waals surface area contributed by atoms with Crippen LogP contribution in [0.5, 0.6) is 0 Å². The third-order valence-corrected chi connectivity index (χ3v) is 3.31. The largest absolute Gasteiger partial charge is 0.319 e. The standard InChI is InChI=1S/C12H9BrClN3O/c1-7-3-2-4-10(16-7)12(18)17-8-5-9(13)11(14)15-6-8/h2-6H,1H3,(H,17,18). The first-order valence-corrected chi connectivity index (χ1v) is 6.29. The number of aromatic nitrogens is 2. The van der Waals surface area contributed by atoms with Crippen LogP contribution in [0.3, 0.4) is 0 Å². The molecular formula is C12H9BrClN3O. The van der Waals surface area contributed by atoms with Crippen LogP contribution in [0.15, 0.2) is 34.9 Å².